The highest BCUT2D eigenvalue weighted by molar-refractivity contribution is 6.00. The van der Waals surface area contributed by atoms with Gasteiger partial charge in [0.2, 0.25) is 5.78 Å². The summed E-state index contributed by atoms with van der Waals surface area (Å²) in [4.78, 5) is 29.6. The quantitative estimate of drug-likeness (QED) is 0.358. The molecule has 0 atom stereocenters. The van der Waals surface area contributed by atoms with E-state index in [9.17, 15) is 9.59 Å². The molecule has 1 aromatic carbocycles. The molecule has 30 heavy (non-hydrogen) atoms. The van der Waals surface area contributed by atoms with Gasteiger partial charge in [-0.25, -0.2) is 9.78 Å². The van der Waals surface area contributed by atoms with Crippen LogP contribution in [0.25, 0.3) is 11.5 Å². The second kappa shape index (κ2) is 8.21. The number of benzene rings is 1. The highest BCUT2D eigenvalue weighted by Gasteiger charge is 2.19. The van der Waals surface area contributed by atoms with Crippen molar-refractivity contribution in [2.24, 2.45) is 0 Å². The molecule has 0 spiro atoms. The number of nitrogens with zero attached hydrogens (tertiary/aromatic N) is 3. The van der Waals surface area contributed by atoms with E-state index < -0.39 is 5.97 Å². The number of aryl methyl sites for hydroxylation is 1. The van der Waals surface area contributed by atoms with Crippen molar-refractivity contribution in [3.63, 3.8) is 0 Å². The fourth-order valence-corrected chi connectivity index (χ4v) is 3.48. The molecule has 0 saturated carbocycles. The monoisotopic (exact) mass is 399 g/mol. The molecule has 0 fully saturated rings. The highest BCUT2D eigenvalue weighted by Crippen LogP contribution is 2.20. The molecule has 0 N–H and O–H groups in total. The standard InChI is InChI=1S/C24H21N3O3/c1-17-14-21(18(2)27(17)23-10-3-4-11-25-23)22(28)16-30-24(29)19-8-7-9-20(15-19)26-12-5-6-13-26/h3-15H,16H2,1-2H3. The summed E-state index contributed by atoms with van der Waals surface area (Å²) in [5.74, 6) is -0.0403. The van der Waals surface area contributed by atoms with Crippen molar-refractivity contribution >= 4 is 11.8 Å². The largest absolute Gasteiger partial charge is 0.454 e. The Morgan fingerprint density at radius 3 is 2.50 bits per heavy atom. The molecular weight excluding hydrogens is 378 g/mol. The molecule has 0 radical (unpaired) electrons. The minimum absolute atomic E-state index is 0.250. The molecule has 0 saturated heterocycles. The molecule has 6 heteroatoms. The average molecular weight is 399 g/mol. The normalized spacial score (nSPS) is 10.7. The minimum atomic E-state index is -0.532. The van der Waals surface area contributed by atoms with Crippen LogP contribution in [0, 0.1) is 13.8 Å². The van der Waals surface area contributed by atoms with Crippen LogP contribution < -0.4 is 0 Å². The maximum absolute atomic E-state index is 12.7. The fourth-order valence-electron chi connectivity index (χ4n) is 3.48. The van der Waals surface area contributed by atoms with Crippen LogP contribution in [0.3, 0.4) is 0 Å². The number of aromatic nitrogens is 3. The third-order valence-corrected chi connectivity index (χ3v) is 4.93. The fraction of sp³-hybridized carbons (Fsp3) is 0.125. The van der Waals surface area contributed by atoms with Gasteiger partial charge in [-0.1, -0.05) is 12.1 Å². The number of carbonyl (C=O) groups is 2. The number of ketones is 1. The summed E-state index contributed by atoms with van der Waals surface area (Å²) < 4.78 is 9.11. The van der Waals surface area contributed by atoms with E-state index in [1.165, 1.54) is 0 Å². The zero-order chi connectivity index (χ0) is 21.1. The Morgan fingerprint density at radius 1 is 0.967 bits per heavy atom. The van der Waals surface area contributed by atoms with E-state index in [0.717, 1.165) is 22.9 Å². The molecule has 3 aromatic heterocycles. The summed E-state index contributed by atoms with van der Waals surface area (Å²) in [5, 5.41) is 0. The molecule has 0 aliphatic heterocycles. The lowest BCUT2D eigenvalue weighted by Gasteiger charge is -2.09. The van der Waals surface area contributed by atoms with Gasteiger partial charge in [-0.15, -0.1) is 0 Å². The van der Waals surface area contributed by atoms with Gasteiger partial charge in [0.25, 0.3) is 0 Å². The van der Waals surface area contributed by atoms with Crippen molar-refractivity contribution in [3.8, 4) is 11.5 Å². The lowest BCUT2D eigenvalue weighted by atomic mass is 10.1. The zero-order valence-corrected chi connectivity index (χ0v) is 16.8. The predicted octanol–water partition coefficient (Wildman–Crippen LogP) is 4.32. The number of esters is 1. The number of Topliss-reactive ketones (excluding diaryl/α,β-unsaturated/α-hetero) is 1. The first kappa shape index (κ1) is 19.4. The number of ether oxygens (including phenoxy) is 1. The predicted molar refractivity (Wildman–Crippen MR) is 113 cm³/mol. The highest BCUT2D eigenvalue weighted by atomic mass is 16.5. The van der Waals surface area contributed by atoms with E-state index in [1.807, 2.05) is 71.8 Å². The van der Waals surface area contributed by atoms with Gasteiger partial charge in [0.15, 0.2) is 6.61 Å². The molecule has 4 rings (SSSR count). The van der Waals surface area contributed by atoms with Crippen molar-refractivity contribution in [1.29, 1.82) is 0 Å². The molecule has 4 aromatic rings. The van der Waals surface area contributed by atoms with Gasteiger partial charge in [0, 0.05) is 41.2 Å². The number of pyridine rings is 1. The van der Waals surface area contributed by atoms with Gasteiger partial charge >= 0.3 is 5.97 Å². The molecule has 3 heterocycles. The Morgan fingerprint density at radius 2 is 1.77 bits per heavy atom. The van der Waals surface area contributed by atoms with Crippen LogP contribution in [0.15, 0.2) is 79.3 Å². The van der Waals surface area contributed by atoms with E-state index in [2.05, 4.69) is 4.98 Å². The first-order valence-corrected chi connectivity index (χ1v) is 9.58. The van der Waals surface area contributed by atoms with E-state index in [-0.39, 0.29) is 12.4 Å². The van der Waals surface area contributed by atoms with Crippen molar-refractivity contribution in [2.45, 2.75) is 13.8 Å². The van der Waals surface area contributed by atoms with E-state index in [1.54, 1.807) is 30.5 Å². The van der Waals surface area contributed by atoms with E-state index in [4.69, 9.17) is 4.74 Å². The summed E-state index contributed by atoms with van der Waals surface area (Å²) in [5.41, 5.74) is 3.42. The molecule has 150 valence electrons. The first-order chi connectivity index (χ1) is 14.5. The second-order valence-electron chi connectivity index (χ2n) is 6.95. The summed E-state index contributed by atoms with van der Waals surface area (Å²) in [6, 6.07) is 18.3. The molecule has 0 aliphatic carbocycles. The summed E-state index contributed by atoms with van der Waals surface area (Å²) >= 11 is 0. The maximum Gasteiger partial charge on any atom is 0.338 e. The number of carbonyl (C=O) groups excluding carboxylic acids is 2. The molecule has 6 nitrogen and oxygen atoms in total. The number of hydrogen-bond acceptors (Lipinski definition) is 4. The lowest BCUT2D eigenvalue weighted by molar-refractivity contribution is 0.0474. The van der Waals surface area contributed by atoms with Crippen LogP contribution in [0.2, 0.25) is 0 Å². The smallest absolute Gasteiger partial charge is 0.338 e. The zero-order valence-electron chi connectivity index (χ0n) is 16.8. The Bertz CT molecular complexity index is 1190. The second-order valence-corrected chi connectivity index (χ2v) is 6.95. The van der Waals surface area contributed by atoms with Gasteiger partial charge in [-0.3, -0.25) is 4.79 Å². The first-order valence-electron chi connectivity index (χ1n) is 9.58. The van der Waals surface area contributed by atoms with Crippen molar-refractivity contribution in [2.75, 3.05) is 6.61 Å². The van der Waals surface area contributed by atoms with Crippen LogP contribution in [-0.2, 0) is 4.74 Å². The summed E-state index contributed by atoms with van der Waals surface area (Å²) in [7, 11) is 0. The average Bonchev–Trinajstić information content (AvgIpc) is 3.41. The van der Waals surface area contributed by atoms with Crippen LogP contribution in [-0.4, -0.2) is 32.5 Å². The molecule has 0 aliphatic rings. The van der Waals surface area contributed by atoms with Gasteiger partial charge < -0.3 is 13.9 Å². The van der Waals surface area contributed by atoms with Crippen molar-refractivity contribution in [3.05, 3.63) is 102 Å². The van der Waals surface area contributed by atoms with Gasteiger partial charge in [0.1, 0.15) is 5.82 Å². The van der Waals surface area contributed by atoms with Crippen molar-refractivity contribution in [1.82, 2.24) is 14.1 Å². The lowest BCUT2D eigenvalue weighted by Crippen LogP contribution is -2.15. The Hall–Kier alpha value is -3.93. The summed E-state index contributed by atoms with van der Waals surface area (Å²) in [6.45, 7) is 3.45. The molecular formula is C24H21N3O3. The minimum Gasteiger partial charge on any atom is -0.454 e. The third kappa shape index (κ3) is 3.80. The Kier molecular flexibility index (Phi) is 5.30. The topological polar surface area (TPSA) is 66.1 Å². The molecule has 0 bridgehead atoms. The van der Waals surface area contributed by atoms with Crippen LogP contribution in [0.5, 0.6) is 0 Å². The summed E-state index contributed by atoms with van der Waals surface area (Å²) in [6.07, 6.45) is 5.50. The maximum atomic E-state index is 12.7. The van der Waals surface area contributed by atoms with E-state index >= 15 is 0 Å². The number of rotatable bonds is 6. The molecule has 0 unspecified atom stereocenters. The van der Waals surface area contributed by atoms with Gasteiger partial charge in [0.05, 0.1) is 5.56 Å². The number of hydrogen-bond donors (Lipinski definition) is 0. The Labute approximate surface area is 174 Å². The third-order valence-electron chi connectivity index (χ3n) is 4.93. The van der Waals surface area contributed by atoms with Crippen LogP contribution in [0.4, 0.5) is 0 Å². The SMILES string of the molecule is Cc1cc(C(=O)COC(=O)c2cccc(-n3cccc3)c2)c(C)n1-c1ccccn1. The van der Waals surface area contributed by atoms with Crippen LogP contribution >= 0.6 is 0 Å². The van der Waals surface area contributed by atoms with Crippen molar-refractivity contribution < 1.29 is 14.3 Å². The van der Waals surface area contributed by atoms with E-state index in [0.29, 0.717) is 11.1 Å². The Balaban J connectivity index is 1.48. The van der Waals surface area contributed by atoms with Crippen LogP contribution in [0.1, 0.15) is 32.1 Å². The van der Waals surface area contributed by atoms with Gasteiger partial charge in [-0.2, -0.15) is 0 Å². The van der Waals surface area contributed by atoms with Gasteiger partial charge in [-0.05, 0) is 62.4 Å². The molecule has 0 amide bonds.